The summed E-state index contributed by atoms with van der Waals surface area (Å²) in [6.07, 6.45) is 2.91. The molecule has 0 aliphatic heterocycles. The Kier molecular flexibility index (Phi) is 5.09. The topological polar surface area (TPSA) is 55.0 Å². The van der Waals surface area contributed by atoms with Gasteiger partial charge in [-0.15, -0.1) is 0 Å². The maximum atomic E-state index is 14.4. The molecule has 0 saturated carbocycles. The van der Waals surface area contributed by atoms with Crippen LogP contribution in [0.3, 0.4) is 0 Å². The number of nitrogen functional groups attached to an aromatic ring is 1. The summed E-state index contributed by atoms with van der Waals surface area (Å²) in [5, 5.41) is 0. The quantitative estimate of drug-likeness (QED) is 0.829. The number of anilines is 2. The number of nitrogens with zero attached hydrogens (tertiary/aromatic N) is 3. The van der Waals surface area contributed by atoms with Crippen molar-refractivity contribution in [3.63, 3.8) is 0 Å². The first kappa shape index (κ1) is 15.2. The smallest absolute Gasteiger partial charge is 0.187 e. The summed E-state index contributed by atoms with van der Waals surface area (Å²) in [5.74, 6) is 0.0596. The van der Waals surface area contributed by atoms with Gasteiger partial charge in [0.05, 0.1) is 5.69 Å². The third-order valence-corrected chi connectivity index (χ3v) is 3.32. The monoisotopic (exact) mass is 288 g/mol. The van der Waals surface area contributed by atoms with Gasteiger partial charge in [-0.25, -0.2) is 14.4 Å². The first-order valence-corrected chi connectivity index (χ1v) is 7.24. The van der Waals surface area contributed by atoms with Crippen molar-refractivity contribution in [3.05, 3.63) is 47.7 Å². The highest BCUT2D eigenvalue weighted by Crippen LogP contribution is 2.21. The van der Waals surface area contributed by atoms with E-state index in [-0.39, 0.29) is 5.82 Å². The SMILES string of the molecule is CCCN(Cc1ccc(N)cc1)c1ncnc(CC)c1F. The van der Waals surface area contributed by atoms with Crippen molar-refractivity contribution in [1.29, 1.82) is 0 Å². The molecule has 5 heteroatoms. The van der Waals surface area contributed by atoms with Crippen molar-refractivity contribution in [3.8, 4) is 0 Å². The summed E-state index contributed by atoms with van der Waals surface area (Å²) in [4.78, 5) is 10.1. The molecule has 1 aromatic carbocycles. The van der Waals surface area contributed by atoms with E-state index in [1.54, 1.807) is 0 Å². The van der Waals surface area contributed by atoms with Crippen molar-refractivity contribution in [2.75, 3.05) is 17.2 Å². The normalized spacial score (nSPS) is 10.6. The second-order valence-electron chi connectivity index (χ2n) is 4.97. The van der Waals surface area contributed by atoms with Crippen LogP contribution in [-0.4, -0.2) is 16.5 Å². The van der Waals surface area contributed by atoms with Gasteiger partial charge in [-0.05, 0) is 30.5 Å². The third-order valence-electron chi connectivity index (χ3n) is 3.32. The van der Waals surface area contributed by atoms with Crippen LogP contribution in [0, 0.1) is 5.82 Å². The molecular weight excluding hydrogens is 267 g/mol. The van der Waals surface area contributed by atoms with E-state index >= 15 is 0 Å². The summed E-state index contributed by atoms with van der Waals surface area (Å²) >= 11 is 0. The van der Waals surface area contributed by atoms with Gasteiger partial charge in [0, 0.05) is 18.8 Å². The summed E-state index contributed by atoms with van der Waals surface area (Å²) < 4.78 is 14.4. The molecular formula is C16H21FN4. The molecule has 0 saturated heterocycles. The lowest BCUT2D eigenvalue weighted by Gasteiger charge is -2.24. The number of hydrogen-bond acceptors (Lipinski definition) is 4. The molecule has 0 bridgehead atoms. The molecule has 0 aliphatic carbocycles. The molecule has 0 fully saturated rings. The van der Waals surface area contributed by atoms with Crippen LogP contribution in [0.5, 0.6) is 0 Å². The predicted octanol–water partition coefficient (Wildman–Crippen LogP) is 3.18. The Labute approximate surface area is 124 Å². The molecule has 0 radical (unpaired) electrons. The molecule has 0 amide bonds. The molecule has 2 aromatic rings. The van der Waals surface area contributed by atoms with Crippen LogP contribution in [0.15, 0.2) is 30.6 Å². The predicted molar refractivity (Wildman–Crippen MR) is 83.6 cm³/mol. The Morgan fingerprint density at radius 2 is 1.86 bits per heavy atom. The number of aryl methyl sites for hydroxylation is 1. The fourth-order valence-electron chi connectivity index (χ4n) is 2.24. The van der Waals surface area contributed by atoms with Crippen LogP contribution in [0.25, 0.3) is 0 Å². The highest BCUT2D eigenvalue weighted by atomic mass is 19.1. The molecule has 1 aromatic heterocycles. The standard InChI is InChI=1S/C16H21FN4/c1-3-9-21(10-12-5-7-13(18)8-6-12)16-15(17)14(4-2)19-11-20-16/h5-8,11H,3-4,9-10,18H2,1-2H3. The number of benzene rings is 1. The molecule has 21 heavy (non-hydrogen) atoms. The Hall–Kier alpha value is -2.17. The Bertz CT molecular complexity index is 583. The van der Waals surface area contributed by atoms with Crippen LogP contribution in [-0.2, 0) is 13.0 Å². The molecule has 4 nitrogen and oxygen atoms in total. The van der Waals surface area contributed by atoms with Gasteiger partial charge >= 0.3 is 0 Å². The third kappa shape index (κ3) is 3.68. The molecule has 0 atom stereocenters. The average molecular weight is 288 g/mol. The van der Waals surface area contributed by atoms with Gasteiger partial charge in [0.15, 0.2) is 11.6 Å². The van der Waals surface area contributed by atoms with Crippen LogP contribution in [0.1, 0.15) is 31.5 Å². The molecule has 2 rings (SSSR count). The lowest BCUT2D eigenvalue weighted by molar-refractivity contribution is 0.580. The van der Waals surface area contributed by atoms with Crippen LogP contribution in [0.2, 0.25) is 0 Å². The fraction of sp³-hybridized carbons (Fsp3) is 0.375. The number of aromatic nitrogens is 2. The van der Waals surface area contributed by atoms with Gasteiger partial charge < -0.3 is 10.6 Å². The van der Waals surface area contributed by atoms with E-state index in [2.05, 4.69) is 16.9 Å². The van der Waals surface area contributed by atoms with E-state index < -0.39 is 0 Å². The van der Waals surface area contributed by atoms with E-state index in [1.165, 1.54) is 6.33 Å². The first-order chi connectivity index (χ1) is 10.2. The van der Waals surface area contributed by atoms with E-state index in [0.717, 1.165) is 24.2 Å². The molecule has 1 heterocycles. The summed E-state index contributed by atoms with van der Waals surface area (Å²) in [5.41, 5.74) is 7.95. The van der Waals surface area contributed by atoms with Crippen molar-refractivity contribution in [1.82, 2.24) is 9.97 Å². The minimum Gasteiger partial charge on any atom is -0.399 e. The summed E-state index contributed by atoms with van der Waals surface area (Å²) in [7, 11) is 0. The number of halogens is 1. The minimum atomic E-state index is -0.316. The van der Waals surface area contributed by atoms with E-state index in [4.69, 9.17) is 5.73 Å². The van der Waals surface area contributed by atoms with Gasteiger partial charge in [0.1, 0.15) is 6.33 Å². The van der Waals surface area contributed by atoms with E-state index in [9.17, 15) is 4.39 Å². The molecule has 2 N–H and O–H groups in total. The Morgan fingerprint density at radius 1 is 1.14 bits per heavy atom. The fourth-order valence-corrected chi connectivity index (χ4v) is 2.24. The van der Waals surface area contributed by atoms with Crippen LogP contribution >= 0.6 is 0 Å². The minimum absolute atomic E-state index is 0.316. The Morgan fingerprint density at radius 3 is 2.48 bits per heavy atom. The molecule has 112 valence electrons. The van der Waals surface area contributed by atoms with Gasteiger partial charge in [-0.1, -0.05) is 26.0 Å². The van der Waals surface area contributed by atoms with Crippen LogP contribution < -0.4 is 10.6 Å². The van der Waals surface area contributed by atoms with Gasteiger partial charge in [0.25, 0.3) is 0 Å². The zero-order valence-corrected chi connectivity index (χ0v) is 12.5. The second-order valence-corrected chi connectivity index (χ2v) is 4.97. The van der Waals surface area contributed by atoms with E-state index in [1.807, 2.05) is 36.1 Å². The van der Waals surface area contributed by atoms with Gasteiger partial charge in [-0.2, -0.15) is 0 Å². The van der Waals surface area contributed by atoms with Gasteiger partial charge in [0.2, 0.25) is 0 Å². The average Bonchev–Trinajstić information content (AvgIpc) is 2.49. The maximum Gasteiger partial charge on any atom is 0.187 e. The maximum absolute atomic E-state index is 14.4. The summed E-state index contributed by atoms with van der Waals surface area (Å²) in [6.45, 7) is 5.29. The highest BCUT2D eigenvalue weighted by molar-refractivity contribution is 5.44. The highest BCUT2D eigenvalue weighted by Gasteiger charge is 2.16. The number of hydrogen-bond donors (Lipinski definition) is 1. The van der Waals surface area contributed by atoms with Crippen molar-refractivity contribution in [2.45, 2.75) is 33.2 Å². The largest absolute Gasteiger partial charge is 0.399 e. The molecule has 0 spiro atoms. The Balaban J connectivity index is 2.28. The van der Waals surface area contributed by atoms with Crippen molar-refractivity contribution in [2.24, 2.45) is 0 Å². The number of nitrogens with two attached hydrogens (primary N) is 1. The van der Waals surface area contributed by atoms with Crippen molar-refractivity contribution >= 4 is 11.5 Å². The van der Waals surface area contributed by atoms with Crippen LogP contribution in [0.4, 0.5) is 15.9 Å². The molecule has 0 aliphatic rings. The van der Waals surface area contributed by atoms with E-state index in [0.29, 0.717) is 24.5 Å². The number of rotatable bonds is 6. The molecule has 0 unspecified atom stereocenters. The lowest BCUT2D eigenvalue weighted by Crippen LogP contribution is -2.26. The lowest BCUT2D eigenvalue weighted by atomic mass is 10.2. The van der Waals surface area contributed by atoms with Gasteiger partial charge in [-0.3, -0.25) is 0 Å². The zero-order chi connectivity index (χ0) is 15.2. The first-order valence-electron chi connectivity index (χ1n) is 7.24. The zero-order valence-electron chi connectivity index (χ0n) is 12.5. The van der Waals surface area contributed by atoms with Crippen molar-refractivity contribution < 1.29 is 4.39 Å². The second kappa shape index (κ2) is 7.02. The summed E-state index contributed by atoms with van der Waals surface area (Å²) in [6, 6.07) is 7.62.